The van der Waals surface area contributed by atoms with Gasteiger partial charge in [-0.1, -0.05) is 22.9 Å². The number of aliphatic hydroxyl groups is 1. The Bertz CT molecular complexity index is 557. The highest BCUT2D eigenvalue weighted by atomic mass is 16.5. The lowest BCUT2D eigenvalue weighted by Gasteiger charge is -2.18. The molecule has 0 aliphatic heterocycles. The number of nitrogens with zero attached hydrogens (tertiary/aromatic N) is 3. The Kier molecular flexibility index (Phi) is 5.86. The summed E-state index contributed by atoms with van der Waals surface area (Å²) >= 11 is 0. The minimum absolute atomic E-state index is 0.0896. The fraction of sp³-hybridized carbons (Fsp3) is 0.467. The predicted molar refractivity (Wildman–Crippen MR) is 78.7 cm³/mol. The molecule has 1 aromatic carbocycles. The van der Waals surface area contributed by atoms with Crippen molar-refractivity contribution < 1.29 is 14.4 Å². The molecule has 0 atom stereocenters. The molecule has 0 aliphatic rings. The van der Waals surface area contributed by atoms with Crippen molar-refractivity contribution >= 4 is 0 Å². The summed E-state index contributed by atoms with van der Waals surface area (Å²) in [6.07, 6.45) is 0. The molecule has 0 amide bonds. The summed E-state index contributed by atoms with van der Waals surface area (Å²) < 4.78 is 10.4. The van der Waals surface area contributed by atoms with Gasteiger partial charge in [0, 0.05) is 25.8 Å². The lowest BCUT2D eigenvalue weighted by molar-refractivity contribution is 0.124. The third kappa shape index (κ3) is 4.63. The molecule has 21 heavy (non-hydrogen) atoms. The summed E-state index contributed by atoms with van der Waals surface area (Å²) in [5.41, 5.74) is 2.06. The molecule has 0 saturated heterocycles. The van der Waals surface area contributed by atoms with Crippen LogP contribution in [-0.4, -0.2) is 53.6 Å². The average Bonchev–Trinajstić information content (AvgIpc) is 2.93. The van der Waals surface area contributed by atoms with Gasteiger partial charge in [-0.3, -0.25) is 4.90 Å². The molecule has 0 bridgehead atoms. The normalized spacial score (nSPS) is 11.2. The van der Waals surface area contributed by atoms with Crippen molar-refractivity contribution in [3.05, 3.63) is 35.7 Å². The molecule has 0 unspecified atom stereocenters. The van der Waals surface area contributed by atoms with Crippen LogP contribution >= 0.6 is 0 Å². The van der Waals surface area contributed by atoms with Gasteiger partial charge in [0.2, 0.25) is 0 Å². The van der Waals surface area contributed by atoms with Crippen molar-refractivity contribution in [2.24, 2.45) is 0 Å². The van der Waals surface area contributed by atoms with E-state index in [1.165, 1.54) is 0 Å². The third-order valence-corrected chi connectivity index (χ3v) is 3.13. The summed E-state index contributed by atoms with van der Waals surface area (Å²) in [4.78, 5) is 6.43. The van der Waals surface area contributed by atoms with E-state index in [0.29, 0.717) is 38.0 Å². The zero-order valence-corrected chi connectivity index (χ0v) is 12.5. The quantitative estimate of drug-likeness (QED) is 0.794. The number of aliphatic hydroxyl groups excluding tert-OH is 1. The number of methoxy groups -OCH3 is 1. The molecular formula is C15H21N3O3. The fourth-order valence-corrected chi connectivity index (χ4v) is 2.05. The van der Waals surface area contributed by atoms with E-state index in [9.17, 15) is 0 Å². The Balaban J connectivity index is 2.04. The first-order valence-corrected chi connectivity index (χ1v) is 6.94. The molecule has 0 aliphatic carbocycles. The maximum Gasteiger partial charge on any atom is 0.257 e. The Morgan fingerprint density at radius 3 is 2.90 bits per heavy atom. The largest absolute Gasteiger partial charge is 0.395 e. The molecule has 114 valence electrons. The van der Waals surface area contributed by atoms with Crippen LogP contribution in [-0.2, 0) is 11.3 Å². The molecule has 1 N–H and O–H groups in total. The zero-order valence-electron chi connectivity index (χ0n) is 12.5. The second-order valence-corrected chi connectivity index (χ2v) is 4.88. The molecule has 1 aromatic heterocycles. The first-order chi connectivity index (χ1) is 10.2. The van der Waals surface area contributed by atoms with Crippen LogP contribution in [0.25, 0.3) is 11.5 Å². The highest BCUT2D eigenvalue weighted by Crippen LogP contribution is 2.18. The number of rotatable bonds is 8. The number of ether oxygens (including phenoxy) is 1. The maximum absolute atomic E-state index is 9.08. The average molecular weight is 291 g/mol. The van der Waals surface area contributed by atoms with Crippen LogP contribution in [0.3, 0.4) is 0 Å². The van der Waals surface area contributed by atoms with Crippen LogP contribution < -0.4 is 0 Å². The summed E-state index contributed by atoms with van der Waals surface area (Å²) in [6, 6.07) is 7.94. The molecule has 0 radical (unpaired) electrons. The topological polar surface area (TPSA) is 71.6 Å². The van der Waals surface area contributed by atoms with Crippen molar-refractivity contribution in [1.82, 2.24) is 15.0 Å². The fourth-order valence-electron chi connectivity index (χ4n) is 2.05. The van der Waals surface area contributed by atoms with Crippen LogP contribution in [0.1, 0.15) is 11.4 Å². The highest BCUT2D eigenvalue weighted by Gasteiger charge is 2.12. The van der Waals surface area contributed by atoms with E-state index in [0.717, 1.165) is 11.1 Å². The van der Waals surface area contributed by atoms with Crippen LogP contribution in [0, 0.1) is 6.92 Å². The van der Waals surface area contributed by atoms with Crippen LogP contribution in [0.4, 0.5) is 0 Å². The maximum atomic E-state index is 9.08. The smallest absolute Gasteiger partial charge is 0.257 e. The van der Waals surface area contributed by atoms with E-state index < -0.39 is 0 Å². The Hall–Kier alpha value is -1.76. The minimum Gasteiger partial charge on any atom is -0.395 e. The second-order valence-electron chi connectivity index (χ2n) is 4.88. The van der Waals surface area contributed by atoms with Crippen molar-refractivity contribution in [3.8, 4) is 11.5 Å². The van der Waals surface area contributed by atoms with Gasteiger partial charge < -0.3 is 14.4 Å². The number of hydrogen-bond acceptors (Lipinski definition) is 6. The van der Waals surface area contributed by atoms with Crippen molar-refractivity contribution in [1.29, 1.82) is 0 Å². The molecule has 0 saturated carbocycles. The SMILES string of the molecule is COCCN(CCO)Cc1noc(-c2cccc(C)c2)n1. The predicted octanol–water partition coefficient (Wildman–Crippen LogP) is 1.49. The lowest BCUT2D eigenvalue weighted by Crippen LogP contribution is -2.30. The van der Waals surface area contributed by atoms with Crippen LogP contribution in [0.5, 0.6) is 0 Å². The zero-order chi connectivity index (χ0) is 15.1. The van der Waals surface area contributed by atoms with E-state index in [1.54, 1.807) is 7.11 Å². The van der Waals surface area contributed by atoms with Crippen molar-refractivity contribution in [2.75, 3.05) is 33.4 Å². The van der Waals surface area contributed by atoms with Gasteiger partial charge in [-0.15, -0.1) is 0 Å². The van der Waals surface area contributed by atoms with Gasteiger partial charge >= 0.3 is 0 Å². The van der Waals surface area contributed by atoms with Gasteiger partial charge in [0.25, 0.3) is 5.89 Å². The van der Waals surface area contributed by atoms with Crippen molar-refractivity contribution in [2.45, 2.75) is 13.5 Å². The minimum atomic E-state index is 0.0896. The Labute approximate surface area is 124 Å². The molecule has 1 heterocycles. The van der Waals surface area contributed by atoms with Crippen molar-refractivity contribution in [3.63, 3.8) is 0 Å². The van der Waals surface area contributed by atoms with Gasteiger partial charge in [-0.25, -0.2) is 0 Å². The molecule has 2 aromatic rings. The summed E-state index contributed by atoms with van der Waals surface area (Å²) in [6.45, 7) is 4.51. The first-order valence-electron chi connectivity index (χ1n) is 6.94. The van der Waals surface area contributed by atoms with Crippen LogP contribution in [0.15, 0.2) is 28.8 Å². The van der Waals surface area contributed by atoms with Gasteiger partial charge in [0.1, 0.15) is 0 Å². The molecule has 6 nitrogen and oxygen atoms in total. The number of aryl methyl sites for hydroxylation is 1. The summed E-state index contributed by atoms with van der Waals surface area (Å²) in [7, 11) is 1.65. The van der Waals surface area contributed by atoms with E-state index in [4.69, 9.17) is 14.4 Å². The number of hydrogen-bond donors (Lipinski definition) is 1. The summed E-state index contributed by atoms with van der Waals surface area (Å²) in [5.74, 6) is 1.13. The monoisotopic (exact) mass is 291 g/mol. The number of aromatic nitrogens is 2. The van der Waals surface area contributed by atoms with E-state index in [1.807, 2.05) is 36.1 Å². The van der Waals surface area contributed by atoms with E-state index >= 15 is 0 Å². The molecule has 6 heteroatoms. The number of benzene rings is 1. The highest BCUT2D eigenvalue weighted by molar-refractivity contribution is 5.53. The molecular weight excluding hydrogens is 270 g/mol. The van der Waals surface area contributed by atoms with Gasteiger partial charge in [0.15, 0.2) is 5.82 Å². The second kappa shape index (κ2) is 7.87. The molecule has 0 fully saturated rings. The molecule has 2 rings (SSSR count). The van der Waals surface area contributed by atoms with Gasteiger partial charge in [-0.2, -0.15) is 4.98 Å². The van der Waals surface area contributed by atoms with Gasteiger partial charge in [-0.05, 0) is 19.1 Å². The third-order valence-electron chi connectivity index (χ3n) is 3.13. The van der Waals surface area contributed by atoms with E-state index in [-0.39, 0.29) is 6.61 Å². The molecule has 0 spiro atoms. The Morgan fingerprint density at radius 1 is 1.33 bits per heavy atom. The van der Waals surface area contributed by atoms with Gasteiger partial charge in [0.05, 0.1) is 19.8 Å². The summed E-state index contributed by atoms with van der Waals surface area (Å²) in [5, 5.41) is 13.1. The lowest BCUT2D eigenvalue weighted by atomic mass is 10.1. The Morgan fingerprint density at radius 2 is 2.19 bits per heavy atom. The van der Waals surface area contributed by atoms with Crippen LogP contribution in [0.2, 0.25) is 0 Å². The standard InChI is InChI=1S/C15H21N3O3/c1-12-4-3-5-13(10-12)15-16-14(17-21-15)11-18(6-8-19)7-9-20-2/h3-5,10,19H,6-9,11H2,1-2H3. The van der Waals surface area contributed by atoms with E-state index in [2.05, 4.69) is 10.1 Å². The first kappa shape index (κ1) is 15.6.